The lowest BCUT2D eigenvalue weighted by Gasteiger charge is -2.18. The summed E-state index contributed by atoms with van der Waals surface area (Å²) >= 11 is 0. The average molecular weight is 316 g/mol. The van der Waals surface area contributed by atoms with Crippen molar-refractivity contribution in [2.75, 3.05) is 5.32 Å². The molecule has 5 nitrogen and oxygen atoms in total. The molecule has 1 aromatic heterocycles. The summed E-state index contributed by atoms with van der Waals surface area (Å²) in [6, 6.07) is 7.38. The summed E-state index contributed by atoms with van der Waals surface area (Å²) in [4.78, 5) is 12.7. The van der Waals surface area contributed by atoms with Crippen LogP contribution in [-0.4, -0.2) is 17.2 Å². The summed E-state index contributed by atoms with van der Waals surface area (Å²) < 4.78 is 11.0. The molecule has 124 valence electrons. The first-order valence-corrected chi connectivity index (χ1v) is 7.74. The van der Waals surface area contributed by atoms with E-state index in [1.165, 1.54) is 0 Å². The van der Waals surface area contributed by atoms with Gasteiger partial charge in [0.15, 0.2) is 0 Å². The van der Waals surface area contributed by atoms with Gasteiger partial charge in [-0.15, -0.1) is 0 Å². The quantitative estimate of drug-likeness (QED) is 0.912. The molecule has 0 spiro atoms. The maximum atomic E-state index is 12.7. The van der Waals surface area contributed by atoms with E-state index in [1.54, 1.807) is 6.92 Å². The Balaban J connectivity index is 2.33. The first-order valence-electron chi connectivity index (χ1n) is 7.74. The summed E-state index contributed by atoms with van der Waals surface area (Å²) in [5.74, 6) is 0.908. The molecule has 0 unspecified atom stereocenters. The number of ether oxygens (including phenoxy) is 1. The highest BCUT2D eigenvalue weighted by Gasteiger charge is 2.29. The number of hydrogen-bond acceptors (Lipinski definition) is 4. The summed E-state index contributed by atoms with van der Waals surface area (Å²) in [7, 11) is 0. The Morgan fingerprint density at radius 1 is 1.26 bits per heavy atom. The summed E-state index contributed by atoms with van der Waals surface area (Å²) in [6.07, 6.45) is 0.0236. The minimum atomic E-state index is -0.279. The topological polar surface area (TPSA) is 64.4 Å². The smallest absolute Gasteiger partial charge is 0.261 e. The fourth-order valence-electron chi connectivity index (χ4n) is 2.26. The van der Waals surface area contributed by atoms with Crippen molar-refractivity contribution in [1.29, 1.82) is 0 Å². The van der Waals surface area contributed by atoms with E-state index < -0.39 is 0 Å². The Bertz CT molecular complexity index is 697. The lowest BCUT2D eigenvalue weighted by Crippen LogP contribution is -2.21. The third kappa shape index (κ3) is 3.92. The first kappa shape index (κ1) is 17.1. The van der Waals surface area contributed by atoms with E-state index in [-0.39, 0.29) is 17.4 Å². The van der Waals surface area contributed by atoms with Crippen LogP contribution in [0, 0.1) is 6.92 Å². The van der Waals surface area contributed by atoms with Crippen molar-refractivity contribution in [3.63, 3.8) is 0 Å². The lowest BCUT2D eigenvalue weighted by molar-refractivity contribution is 0.102. The second-order valence-corrected chi connectivity index (χ2v) is 6.83. The summed E-state index contributed by atoms with van der Waals surface area (Å²) in [5, 5.41) is 6.96. The highest BCUT2D eigenvalue weighted by atomic mass is 16.5. The van der Waals surface area contributed by atoms with Crippen LogP contribution in [0.2, 0.25) is 0 Å². The van der Waals surface area contributed by atoms with Gasteiger partial charge in [-0.25, -0.2) is 0 Å². The van der Waals surface area contributed by atoms with Crippen molar-refractivity contribution in [3.8, 4) is 5.75 Å². The van der Waals surface area contributed by atoms with Gasteiger partial charge in [-0.05, 0) is 32.9 Å². The van der Waals surface area contributed by atoms with E-state index in [1.807, 2.05) is 58.9 Å². The van der Waals surface area contributed by atoms with Gasteiger partial charge in [0.2, 0.25) is 0 Å². The number of nitrogens with zero attached hydrogens (tertiary/aromatic N) is 1. The van der Waals surface area contributed by atoms with Gasteiger partial charge in [0.25, 0.3) is 5.91 Å². The molecule has 0 radical (unpaired) electrons. The Hall–Kier alpha value is -2.30. The molecule has 0 aliphatic rings. The number of aromatic nitrogens is 1. The number of aryl methyl sites for hydroxylation is 1. The number of hydrogen-bond donors (Lipinski definition) is 1. The molecule has 0 fully saturated rings. The number of nitrogens with one attached hydrogen (secondary N) is 1. The SMILES string of the molecule is Cc1onc(C(C)(C)C)c1C(=O)Nc1ccccc1OC(C)C. The van der Waals surface area contributed by atoms with E-state index in [2.05, 4.69) is 10.5 Å². The van der Waals surface area contributed by atoms with Gasteiger partial charge in [0.05, 0.1) is 11.8 Å². The molecule has 23 heavy (non-hydrogen) atoms. The van der Waals surface area contributed by atoms with Gasteiger partial charge in [0.1, 0.15) is 22.8 Å². The number of amides is 1. The second kappa shape index (κ2) is 6.44. The predicted octanol–water partition coefficient (Wildman–Crippen LogP) is 4.32. The van der Waals surface area contributed by atoms with Crippen LogP contribution < -0.4 is 10.1 Å². The number of carbonyl (C=O) groups is 1. The van der Waals surface area contributed by atoms with Crippen LogP contribution in [0.1, 0.15) is 56.4 Å². The number of benzene rings is 1. The number of carbonyl (C=O) groups excluding carboxylic acids is 1. The fourth-order valence-corrected chi connectivity index (χ4v) is 2.26. The van der Waals surface area contributed by atoms with Crippen molar-refractivity contribution in [2.45, 2.75) is 53.1 Å². The molecule has 1 heterocycles. The number of anilines is 1. The zero-order chi connectivity index (χ0) is 17.2. The second-order valence-electron chi connectivity index (χ2n) is 6.83. The molecule has 1 amide bonds. The van der Waals surface area contributed by atoms with E-state index >= 15 is 0 Å². The molecule has 1 N–H and O–H groups in total. The Kier molecular flexibility index (Phi) is 4.78. The number of para-hydroxylation sites is 2. The van der Waals surface area contributed by atoms with Crippen LogP contribution in [0.4, 0.5) is 5.69 Å². The molecule has 0 saturated heterocycles. The van der Waals surface area contributed by atoms with E-state index in [0.717, 1.165) is 0 Å². The highest BCUT2D eigenvalue weighted by Crippen LogP contribution is 2.30. The fraction of sp³-hybridized carbons (Fsp3) is 0.444. The van der Waals surface area contributed by atoms with Crippen LogP contribution in [0.3, 0.4) is 0 Å². The molecule has 5 heteroatoms. The van der Waals surface area contributed by atoms with Gasteiger partial charge in [-0.3, -0.25) is 4.79 Å². The normalized spacial score (nSPS) is 11.6. The van der Waals surface area contributed by atoms with Gasteiger partial charge < -0.3 is 14.6 Å². The Morgan fingerprint density at radius 2 is 1.91 bits per heavy atom. The zero-order valence-electron chi connectivity index (χ0n) is 14.6. The molecule has 2 aromatic rings. The van der Waals surface area contributed by atoms with Crippen LogP contribution in [0.15, 0.2) is 28.8 Å². The van der Waals surface area contributed by atoms with Crippen LogP contribution in [0.25, 0.3) is 0 Å². The largest absolute Gasteiger partial charge is 0.489 e. The summed E-state index contributed by atoms with van der Waals surface area (Å²) in [5.41, 5.74) is 1.48. The third-order valence-corrected chi connectivity index (χ3v) is 3.30. The minimum absolute atomic E-state index is 0.0236. The molecule has 0 saturated carbocycles. The molecule has 0 aliphatic carbocycles. The minimum Gasteiger partial charge on any atom is -0.489 e. The molecule has 0 aliphatic heterocycles. The van der Waals surface area contributed by atoms with Crippen molar-refractivity contribution < 1.29 is 14.1 Å². The highest BCUT2D eigenvalue weighted by molar-refractivity contribution is 6.06. The van der Waals surface area contributed by atoms with Crippen LogP contribution in [0.5, 0.6) is 5.75 Å². The van der Waals surface area contributed by atoms with Gasteiger partial charge >= 0.3 is 0 Å². The zero-order valence-corrected chi connectivity index (χ0v) is 14.6. The van der Waals surface area contributed by atoms with Crippen molar-refractivity contribution >= 4 is 11.6 Å². The molecular formula is C18H24N2O3. The maximum Gasteiger partial charge on any atom is 0.261 e. The standard InChI is InChI=1S/C18H24N2O3/c1-11(2)22-14-10-8-7-9-13(14)19-17(21)15-12(3)23-20-16(15)18(4,5)6/h7-11H,1-6H3,(H,19,21). The lowest BCUT2D eigenvalue weighted by atomic mass is 9.88. The van der Waals surface area contributed by atoms with E-state index in [0.29, 0.717) is 28.5 Å². The van der Waals surface area contributed by atoms with Crippen molar-refractivity contribution in [3.05, 3.63) is 41.3 Å². The maximum absolute atomic E-state index is 12.7. The number of rotatable bonds is 4. The third-order valence-electron chi connectivity index (χ3n) is 3.30. The molecule has 0 bridgehead atoms. The van der Waals surface area contributed by atoms with E-state index in [9.17, 15) is 4.79 Å². The van der Waals surface area contributed by atoms with Gasteiger partial charge in [-0.2, -0.15) is 0 Å². The Morgan fingerprint density at radius 3 is 2.52 bits per heavy atom. The molecule has 1 aromatic carbocycles. The van der Waals surface area contributed by atoms with Gasteiger partial charge in [-0.1, -0.05) is 38.1 Å². The molecule has 0 atom stereocenters. The van der Waals surface area contributed by atoms with Crippen LogP contribution >= 0.6 is 0 Å². The van der Waals surface area contributed by atoms with E-state index in [4.69, 9.17) is 9.26 Å². The predicted molar refractivity (Wildman–Crippen MR) is 90.1 cm³/mol. The Labute approximate surface area is 137 Å². The summed E-state index contributed by atoms with van der Waals surface area (Å²) in [6.45, 7) is 11.6. The molecular weight excluding hydrogens is 292 g/mol. The monoisotopic (exact) mass is 316 g/mol. The molecule has 2 rings (SSSR count). The van der Waals surface area contributed by atoms with Crippen molar-refractivity contribution in [1.82, 2.24) is 5.16 Å². The van der Waals surface area contributed by atoms with Crippen molar-refractivity contribution in [2.24, 2.45) is 0 Å². The average Bonchev–Trinajstić information content (AvgIpc) is 2.82. The van der Waals surface area contributed by atoms with Gasteiger partial charge in [0, 0.05) is 5.41 Å². The first-order chi connectivity index (χ1) is 10.7. The van der Waals surface area contributed by atoms with Crippen LogP contribution in [-0.2, 0) is 5.41 Å².